The first kappa shape index (κ1) is 16.8. The summed E-state index contributed by atoms with van der Waals surface area (Å²) in [6.45, 7) is 0. The van der Waals surface area contributed by atoms with E-state index in [1.807, 2.05) is 0 Å². The van der Waals surface area contributed by atoms with Crippen molar-refractivity contribution in [2.45, 2.75) is 0 Å². The van der Waals surface area contributed by atoms with Gasteiger partial charge in [-0.15, -0.1) is 0 Å². The summed E-state index contributed by atoms with van der Waals surface area (Å²) in [7, 11) is 2.74. The fraction of sp³-hybridized carbons (Fsp3) is 0.143. The molecule has 0 amide bonds. The molecule has 0 aliphatic rings. The van der Waals surface area contributed by atoms with E-state index in [1.54, 1.807) is 0 Å². The molecule has 0 bridgehead atoms. The third-order valence-electron chi connectivity index (χ3n) is 3.01. The molecule has 0 aliphatic heterocycles. The number of benzene rings is 1. The number of phenolic OH excluding ortho intramolecular Hbond substituents is 1. The van der Waals surface area contributed by atoms with Crippen LogP contribution in [0, 0.1) is 10.1 Å². The van der Waals surface area contributed by atoms with Crippen molar-refractivity contribution in [2.75, 3.05) is 14.2 Å². The molecule has 0 saturated carbocycles. The lowest BCUT2D eigenvalue weighted by molar-refractivity contribution is -0.387. The molecular formula is C14H13N3O7. The van der Waals surface area contributed by atoms with E-state index >= 15 is 0 Å². The van der Waals surface area contributed by atoms with E-state index in [2.05, 4.69) is 9.97 Å². The fourth-order valence-electron chi connectivity index (χ4n) is 1.90. The normalized spacial score (nSPS) is 10.8. The molecule has 1 aromatic heterocycles. The summed E-state index contributed by atoms with van der Waals surface area (Å²) in [5.74, 6) is -0.904. The molecule has 2 aromatic rings. The van der Waals surface area contributed by atoms with Crippen molar-refractivity contribution in [3.05, 3.63) is 44.0 Å². The second-order valence-electron chi connectivity index (χ2n) is 4.49. The van der Waals surface area contributed by atoms with Gasteiger partial charge in [-0.2, -0.15) is 4.98 Å². The van der Waals surface area contributed by atoms with Gasteiger partial charge in [0.1, 0.15) is 5.82 Å². The number of hydrogen-bond donors (Lipinski definition) is 3. The van der Waals surface area contributed by atoms with Crippen LogP contribution >= 0.6 is 0 Å². The van der Waals surface area contributed by atoms with Gasteiger partial charge in [0.05, 0.1) is 19.1 Å². The standard InChI is InChI=1S/C14H13N3O7/c1-23-8-5-7(6-9(24-2)12(8)18)3-4-10-15-13(19)11(17(21)22)14(20)16-10/h3-6,18H,1-2H3,(H2,15,16,19,20). The maximum absolute atomic E-state index is 11.6. The number of ether oxygens (including phenoxy) is 2. The van der Waals surface area contributed by atoms with Gasteiger partial charge in [-0.1, -0.05) is 6.08 Å². The van der Waals surface area contributed by atoms with E-state index in [0.29, 0.717) is 5.56 Å². The number of methoxy groups -OCH3 is 2. The monoisotopic (exact) mass is 335 g/mol. The van der Waals surface area contributed by atoms with Gasteiger partial charge in [-0.05, 0) is 23.8 Å². The summed E-state index contributed by atoms with van der Waals surface area (Å²) in [4.78, 5) is 26.9. The zero-order chi connectivity index (χ0) is 17.9. The van der Waals surface area contributed by atoms with Crippen molar-refractivity contribution in [3.8, 4) is 23.1 Å². The largest absolute Gasteiger partial charge is 0.502 e. The molecule has 10 nitrogen and oxygen atoms in total. The van der Waals surface area contributed by atoms with Gasteiger partial charge in [0.15, 0.2) is 11.5 Å². The van der Waals surface area contributed by atoms with E-state index in [1.165, 1.54) is 38.5 Å². The van der Waals surface area contributed by atoms with Gasteiger partial charge in [0, 0.05) is 0 Å². The summed E-state index contributed by atoms with van der Waals surface area (Å²) >= 11 is 0. The van der Waals surface area contributed by atoms with Gasteiger partial charge >= 0.3 is 11.2 Å². The van der Waals surface area contributed by atoms with Crippen molar-refractivity contribution in [2.24, 2.45) is 0 Å². The van der Waals surface area contributed by atoms with Gasteiger partial charge in [-0.3, -0.25) is 14.9 Å². The van der Waals surface area contributed by atoms with E-state index in [-0.39, 0.29) is 23.1 Å². The Bertz CT molecular complexity index is 848. The minimum atomic E-state index is -1.08. The second-order valence-corrected chi connectivity index (χ2v) is 4.49. The number of rotatable bonds is 5. The average molecular weight is 335 g/mol. The quantitative estimate of drug-likeness (QED) is 0.546. The summed E-state index contributed by atoms with van der Waals surface area (Å²) in [6.07, 6.45) is 2.80. The number of phenols is 1. The number of hydrogen-bond acceptors (Lipinski definition) is 8. The third kappa shape index (κ3) is 3.27. The molecule has 0 aliphatic carbocycles. The summed E-state index contributed by atoms with van der Waals surface area (Å²) in [5, 5.41) is 29.9. The number of nitrogens with zero attached hydrogens (tertiary/aromatic N) is 2. The molecule has 24 heavy (non-hydrogen) atoms. The zero-order valence-electron chi connectivity index (χ0n) is 12.6. The second kappa shape index (κ2) is 6.69. The van der Waals surface area contributed by atoms with E-state index in [9.17, 15) is 25.1 Å². The molecule has 2 rings (SSSR count). The molecule has 1 aromatic carbocycles. The summed E-state index contributed by atoms with van der Waals surface area (Å²) in [5.41, 5.74) is -1.57. The van der Waals surface area contributed by atoms with Gasteiger partial charge < -0.3 is 24.7 Å². The predicted molar refractivity (Wildman–Crippen MR) is 83.3 cm³/mol. The lowest BCUT2D eigenvalue weighted by atomic mass is 10.1. The van der Waals surface area contributed by atoms with Crippen molar-refractivity contribution in [3.63, 3.8) is 0 Å². The van der Waals surface area contributed by atoms with Gasteiger partial charge in [0.2, 0.25) is 5.75 Å². The molecule has 3 N–H and O–H groups in total. The van der Waals surface area contributed by atoms with Crippen molar-refractivity contribution in [1.29, 1.82) is 0 Å². The SMILES string of the molecule is COc1cc(C=Cc2nc(O)c([N+](=O)[O-])c(=O)[nH]2)cc(OC)c1O. The highest BCUT2D eigenvalue weighted by Crippen LogP contribution is 2.37. The van der Waals surface area contributed by atoms with Gasteiger partial charge in [-0.25, -0.2) is 0 Å². The maximum Gasteiger partial charge on any atom is 0.395 e. The molecule has 0 unspecified atom stereocenters. The van der Waals surface area contributed by atoms with Crippen LogP contribution in [0.15, 0.2) is 16.9 Å². The minimum absolute atomic E-state index is 0.0888. The first-order chi connectivity index (χ1) is 11.4. The Hall–Kier alpha value is -3.56. The lowest BCUT2D eigenvalue weighted by Gasteiger charge is -2.09. The molecule has 0 spiro atoms. The Morgan fingerprint density at radius 1 is 1.21 bits per heavy atom. The Morgan fingerprint density at radius 2 is 1.79 bits per heavy atom. The number of nitrogens with one attached hydrogen (secondary N) is 1. The summed E-state index contributed by atoms with van der Waals surface area (Å²) in [6, 6.07) is 3.00. The molecular weight excluding hydrogens is 322 g/mol. The van der Waals surface area contributed by atoms with Crippen LogP contribution < -0.4 is 15.0 Å². The Balaban J connectivity index is 2.42. The average Bonchev–Trinajstić information content (AvgIpc) is 2.52. The maximum atomic E-state index is 11.6. The highest BCUT2D eigenvalue weighted by molar-refractivity contribution is 5.70. The van der Waals surface area contributed by atoms with Crippen LogP contribution in [0.2, 0.25) is 0 Å². The van der Waals surface area contributed by atoms with Crippen LogP contribution in [0.5, 0.6) is 23.1 Å². The number of nitro groups is 1. The topological polar surface area (TPSA) is 148 Å². The van der Waals surface area contributed by atoms with Crippen molar-refractivity contribution < 1.29 is 24.6 Å². The van der Waals surface area contributed by atoms with Crippen LogP contribution in [-0.4, -0.2) is 39.3 Å². The number of H-pyrrole nitrogens is 1. The van der Waals surface area contributed by atoms with Crippen LogP contribution in [0.4, 0.5) is 5.69 Å². The zero-order valence-corrected chi connectivity index (χ0v) is 12.6. The predicted octanol–water partition coefficient (Wildman–Crippen LogP) is 1.28. The molecule has 126 valence electrons. The Morgan fingerprint density at radius 3 is 2.25 bits per heavy atom. The molecule has 10 heteroatoms. The first-order valence-electron chi connectivity index (χ1n) is 6.48. The smallest absolute Gasteiger partial charge is 0.395 e. The molecule has 1 heterocycles. The Kier molecular flexibility index (Phi) is 4.68. The fourth-order valence-corrected chi connectivity index (χ4v) is 1.90. The Labute approximate surface area is 134 Å². The molecule has 0 fully saturated rings. The minimum Gasteiger partial charge on any atom is -0.502 e. The van der Waals surface area contributed by atoms with E-state index < -0.39 is 22.0 Å². The lowest BCUT2D eigenvalue weighted by Crippen LogP contribution is -2.14. The number of aromatic amines is 1. The number of aromatic nitrogens is 2. The van der Waals surface area contributed by atoms with Crippen LogP contribution in [0.25, 0.3) is 12.2 Å². The van der Waals surface area contributed by atoms with Crippen LogP contribution in [-0.2, 0) is 0 Å². The highest BCUT2D eigenvalue weighted by atomic mass is 16.6. The molecule has 0 atom stereocenters. The van der Waals surface area contributed by atoms with Crippen LogP contribution in [0.1, 0.15) is 11.4 Å². The number of aromatic hydroxyl groups is 2. The van der Waals surface area contributed by atoms with E-state index in [4.69, 9.17) is 9.47 Å². The summed E-state index contributed by atoms with van der Waals surface area (Å²) < 4.78 is 10.0. The van der Waals surface area contributed by atoms with Crippen LogP contribution in [0.3, 0.4) is 0 Å². The molecule has 0 radical (unpaired) electrons. The van der Waals surface area contributed by atoms with Gasteiger partial charge in [0.25, 0.3) is 5.88 Å². The highest BCUT2D eigenvalue weighted by Gasteiger charge is 2.21. The van der Waals surface area contributed by atoms with Crippen molar-refractivity contribution in [1.82, 2.24) is 9.97 Å². The molecule has 0 saturated heterocycles. The van der Waals surface area contributed by atoms with E-state index in [0.717, 1.165) is 0 Å². The van der Waals surface area contributed by atoms with Crippen molar-refractivity contribution >= 4 is 17.8 Å². The first-order valence-corrected chi connectivity index (χ1v) is 6.48. The third-order valence-corrected chi connectivity index (χ3v) is 3.01.